The molecule has 0 unspecified atom stereocenters. The third-order valence-corrected chi connectivity index (χ3v) is 7.03. The van der Waals surface area contributed by atoms with E-state index < -0.39 is 0 Å². The molecule has 4 aromatic rings. The van der Waals surface area contributed by atoms with Crippen molar-refractivity contribution in [2.75, 3.05) is 13.1 Å². The molecule has 0 spiro atoms. The molecule has 1 aliphatic heterocycles. The van der Waals surface area contributed by atoms with E-state index in [1.54, 1.807) is 16.7 Å². The van der Waals surface area contributed by atoms with Gasteiger partial charge in [-0.15, -0.1) is 11.3 Å². The van der Waals surface area contributed by atoms with Crippen LogP contribution >= 0.6 is 11.3 Å². The highest BCUT2D eigenvalue weighted by molar-refractivity contribution is 7.20. The third-order valence-electron chi connectivity index (χ3n) is 6.01. The maximum absolute atomic E-state index is 13.1. The Labute approximate surface area is 178 Å². The molecule has 1 aliphatic rings. The van der Waals surface area contributed by atoms with Gasteiger partial charge in [0.1, 0.15) is 10.5 Å². The number of amides is 1. The van der Waals surface area contributed by atoms with Crippen LogP contribution in [0.5, 0.6) is 0 Å². The Kier molecular flexibility index (Phi) is 4.87. The lowest BCUT2D eigenvalue weighted by atomic mass is 9.90. The number of aromatic nitrogens is 2. The van der Waals surface area contributed by atoms with E-state index in [2.05, 4.69) is 29.2 Å². The van der Waals surface area contributed by atoms with Gasteiger partial charge in [0.25, 0.3) is 11.5 Å². The number of fused-ring (bicyclic) bond motifs is 2. The highest BCUT2D eigenvalue weighted by Crippen LogP contribution is 2.27. The molecule has 1 saturated heterocycles. The average Bonchev–Trinajstić information content (AvgIpc) is 3.20. The lowest BCUT2D eigenvalue weighted by Gasteiger charge is -2.31. The summed E-state index contributed by atoms with van der Waals surface area (Å²) in [5.74, 6) is 0.625. The number of benzene rings is 1. The van der Waals surface area contributed by atoms with Gasteiger partial charge in [-0.3, -0.25) is 14.0 Å². The summed E-state index contributed by atoms with van der Waals surface area (Å²) in [6.07, 6.45) is 4.82. The molecule has 1 fully saturated rings. The fourth-order valence-corrected chi connectivity index (χ4v) is 5.30. The molecule has 6 heteroatoms. The number of likely N-dealkylation sites (tertiary alicyclic amines) is 1. The molecule has 152 valence electrons. The highest BCUT2D eigenvalue weighted by Gasteiger charge is 2.25. The van der Waals surface area contributed by atoms with Gasteiger partial charge in [-0.2, -0.15) is 0 Å². The molecule has 1 aromatic carbocycles. The van der Waals surface area contributed by atoms with Crippen LogP contribution in [0.4, 0.5) is 0 Å². The molecule has 5 nitrogen and oxygen atoms in total. The summed E-state index contributed by atoms with van der Waals surface area (Å²) in [6.45, 7) is 3.46. The number of pyridine rings is 1. The number of carbonyl (C=O) groups is 1. The number of piperidine rings is 1. The summed E-state index contributed by atoms with van der Waals surface area (Å²) in [5, 5.41) is 0.519. The summed E-state index contributed by atoms with van der Waals surface area (Å²) in [6, 6.07) is 16.1. The smallest absolute Gasteiger partial charge is 0.266 e. The van der Waals surface area contributed by atoms with E-state index in [4.69, 9.17) is 0 Å². The largest absolute Gasteiger partial charge is 0.338 e. The van der Waals surface area contributed by atoms with Crippen molar-refractivity contribution >= 4 is 33.1 Å². The molecule has 5 rings (SSSR count). The molecule has 0 atom stereocenters. The first-order valence-corrected chi connectivity index (χ1v) is 11.2. The van der Waals surface area contributed by atoms with E-state index >= 15 is 0 Å². The SMILES string of the molecule is Cc1cccn2c(=O)c3cc(C(=O)N4CCC(Cc5ccccc5)CC4)sc3nc12. The highest BCUT2D eigenvalue weighted by atomic mass is 32.1. The van der Waals surface area contributed by atoms with E-state index in [-0.39, 0.29) is 11.5 Å². The average molecular weight is 418 g/mol. The van der Waals surface area contributed by atoms with Gasteiger partial charge in [-0.05, 0) is 55.4 Å². The lowest BCUT2D eigenvalue weighted by molar-refractivity contribution is 0.0695. The number of carbonyl (C=O) groups excluding carboxylic acids is 1. The van der Waals surface area contributed by atoms with Gasteiger partial charge in [-0.25, -0.2) is 4.98 Å². The minimum atomic E-state index is -0.115. The second-order valence-electron chi connectivity index (χ2n) is 8.06. The van der Waals surface area contributed by atoms with Crippen LogP contribution in [0, 0.1) is 12.8 Å². The molecule has 30 heavy (non-hydrogen) atoms. The molecule has 0 bridgehead atoms. The predicted molar refractivity (Wildman–Crippen MR) is 120 cm³/mol. The van der Waals surface area contributed by atoms with Crippen molar-refractivity contribution in [2.45, 2.75) is 26.2 Å². The van der Waals surface area contributed by atoms with Crippen molar-refractivity contribution < 1.29 is 4.79 Å². The van der Waals surface area contributed by atoms with Gasteiger partial charge in [0.2, 0.25) is 0 Å². The van der Waals surface area contributed by atoms with Crippen LogP contribution in [0.15, 0.2) is 59.5 Å². The Balaban J connectivity index is 1.35. The minimum absolute atomic E-state index is 0.0151. The maximum atomic E-state index is 13.1. The van der Waals surface area contributed by atoms with Crippen LogP contribution < -0.4 is 5.56 Å². The summed E-state index contributed by atoms with van der Waals surface area (Å²) < 4.78 is 1.56. The minimum Gasteiger partial charge on any atom is -0.338 e. The zero-order chi connectivity index (χ0) is 20.7. The van der Waals surface area contributed by atoms with Crippen LogP contribution in [0.25, 0.3) is 15.9 Å². The van der Waals surface area contributed by atoms with Crippen molar-refractivity contribution in [3.05, 3.63) is 81.1 Å². The van der Waals surface area contributed by atoms with Crippen LogP contribution in [0.2, 0.25) is 0 Å². The van der Waals surface area contributed by atoms with E-state index in [0.717, 1.165) is 37.9 Å². The van der Waals surface area contributed by atoms with E-state index in [1.165, 1.54) is 16.9 Å². The van der Waals surface area contributed by atoms with Crippen LogP contribution in [0.1, 0.15) is 33.6 Å². The molecular weight excluding hydrogens is 394 g/mol. The standard InChI is InChI=1S/C24H23N3O2S/c1-16-6-5-11-27-21(16)25-22-19(23(27)28)15-20(30-22)24(29)26-12-9-18(10-13-26)14-17-7-3-2-4-8-17/h2-8,11,15,18H,9-10,12-14H2,1H3. The number of hydrogen-bond donors (Lipinski definition) is 0. The zero-order valence-corrected chi connectivity index (χ0v) is 17.7. The van der Waals surface area contributed by atoms with Gasteiger partial charge < -0.3 is 4.90 Å². The van der Waals surface area contributed by atoms with Crippen molar-refractivity contribution in [3.63, 3.8) is 0 Å². The van der Waals surface area contributed by atoms with Crippen LogP contribution in [-0.4, -0.2) is 33.3 Å². The normalized spacial score (nSPS) is 15.2. The molecule has 0 radical (unpaired) electrons. The van der Waals surface area contributed by atoms with Gasteiger partial charge in [0, 0.05) is 19.3 Å². The fraction of sp³-hybridized carbons (Fsp3) is 0.292. The first-order valence-electron chi connectivity index (χ1n) is 10.3. The van der Waals surface area contributed by atoms with Crippen LogP contribution in [0.3, 0.4) is 0 Å². The molecular formula is C24H23N3O2S. The van der Waals surface area contributed by atoms with Crippen molar-refractivity contribution in [1.29, 1.82) is 0 Å². The van der Waals surface area contributed by atoms with E-state index in [1.807, 2.05) is 30.0 Å². The Morgan fingerprint density at radius 1 is 1.13 bits per heavy atom. The Morgan fingerprint density at radius 3 is 2.67 bits per heavy atom. The second-order valence-corrected chi connectivity index (χ2v) is 9.09. The Bertz CT molecular complexity index is 1280. The van der Waals surface area contributed by atoms with Gasteiger partial charge in [0.05, 0.1) is 10.3 Å². The molecule has 3 aromatic heterocycles. The molecule has 0 saturated carbocycles. The summed E-state index contributed by atoms with van der Waals surface area (Å²) in [4.78, 5) is 33.8. The third kappa shape index (κ3) is 3.41. The van der Waals surface area contributed by atoms with E-state index in [9.17, 15) is 9.59 Å². The van der Waals surface area contributed by atoms with Gasteiger partial charge in [0.15, 0.2) is 0 Å². The number of hydrogen-bond acceptors (Lipinski definition) is 4. The first-order chi connectivity index (χ1) is 14.6. The molecule has 0 aliphatic carbocycles. The predicted octanol–water partition coefficient (Wildman–Crippen LogP) is 4.31. The topological polar surface area (TPSA) is 54.7 Å². The van der Waals surface area contributed by atoms with Crippen molar-refractivity contribution in [3.8, 4) is 0 Å². The Morgan fingerprint density at radius 2 is 1.90 bits per heavy atom. The summed E-state index contributed by atoms with van der Waals surface area (Å²) >= 11 is 1.32. The maximum Gasteiger partial charge on any atom is 0.266 e. The summed E-state index contributed by atoms with van der Waals surface area (Å²) in [5.41, 5.74) is 2.84. The quantitative estimate of drug-likeness (QED) is 0.499. The number of aryl methyl sites for hydroxylation is 1. The van der Waals surface area contributed by atoms with Gasteiger partial charge in [-0.1, -0.05) is 36.4 Å². The van der Waals surface area contributed by atoms with Gasteiger partial charge >= 0.3 is 0 Å². The molecule has 1 amide bonds. The van der Waals surface area contributed by atoms with Crippen molar-refractivity contribution in [1.82, 2.24) is 14.3 Å². The van der Waals surface area contributed by atoms with Crippen LogP contribution in [-0.2, 0) is 6.42 Å². The second kappa shape index (κ2) is 7.69. The number of rotatable bonds is 3. The molecule has 4 heterocycles. The number of thiophene rings is 1. The first kappa shape index (κ1) is 19.0. The molecule has 0 N–H and O–H groups in total. The lowest BCUT2D eigenvalue weighted by Crippen LogP contribution is -2.38. The Hall–Kier alpha value is -2.99. The van der Waals surface area contributed by atoms with Crippen molar-refractivity contribution in [2.24, 2.45) is 5.92 Å². The summed E-state index contributed by atoms with van der Waals surface area (Å²) in [7, 11) is 0. The zero-order valence-electron chi connectivity index (χ0n) is 16.9. The number of nitrogens with zero attached hydrogens (tertiary/aromatic N) is 3. The van der Waals surface area contributed by atoms with E-state index in [0.29, 0.717) is 26.7 Å². The fourth-order valence-electron chi connectivity index (χ4n) is 4.31. The monoisotopic (exact) mass is 417 g/mol.